The van der Waals surface area contributed by atoms with Gasteiger partial charge in [0.2, 0.25) is 0 Å². The Balaban J connectivity index is 4.20. The van der Waals surface area contributed by atoms with Crippen LogP contribution in [0.25, 0.3) is 0 Å². The van der Waals surface area contributed by atoms with Gasteiger partial charge in [0.05, 0.1) is 0 Å². The van der Waals surface area contributed by atoms with Gasteiger partial charge in [-0.2, -0.15) is 0 Å². The number of rotatable bonds is 7. The highest BCUT2D eigenvalue weighted by atomic mass is 14.9. The second-order valence-electron chi connectivity index (χ2n) is 6.79. The van der Waals surface area contributed by atoms with Gasteiger partial charge in [0, 0.05) is 5.54 Å². The van der Waals surface area contributed by atoms with Gasteiger partial charge < -0.3 is 5.32 Å². The SMILES string of the molecule is CCCC(C)C(CNC(C)(C)C)CC(C)C. The van der Waals surface area contributed by atoms with E-state index < -0.39 is 0 Å². The van der Waals surface area contributed by atoms with Gasteiger partial charge in [-0.1, -0.05) is 40.5 Å². The minimum atomic E-state index is 0.251. The van der Waals surface area contributed by atoms with Crippen LogP contribution in [0.15, 0.2) is 0 Å². The van der Waals surface area contributed by atoms with Crippen LogP contribution in [0.5, 0.6) is 0 Å². The summed E-state index contributed by atoms with van der Waals surface area (Å²) >= 11 is 0. The van der Waals surface area contributed by atoms with Gasteiger partial charge >= 0.3 is 0 Å². The third-order valence-corrected chi connectivity index (χ3v) is 3.22. The van der Waals surface area contributed by atoms with Crippen LogP contribution in [0.1, 0.15) is 67.7 Å². The molecule has 1 N–H and O–H groups in total. The average Bonchev–Trinajstić information content (AvgIpc) is 2.10. The fourth-order valence-electron chi connectivity index (χ4n) is 2.25. The van der Waals surface area contributed by atoms with Crippen molar-refractivity contribution in [3.63, 3.8) is 0 Å². The Morgan fingerprint density at radius 1 is 1.06 bits per heavy atom. The molecule has 0 aromatic heterocycles. The van der Waals surface area contributed by atoms with Crippen molar-refractivity contribution in [2.75, 3.05) is 6.54 Å². The highest BCUT2D eigenvalue weighted by Gasteiger charge is 2.20. The van der Waals surface area contributed by atoms with Crippen LogP contribution >= 0.6 is 0 Å². The molecular formula is C15H33N. The lowest BCUT2D eigenvalue weighted by Crippen LogP contribution is -2.40. The molecule has 0 amide bonds. The summed E-state index contributed by atoms with van der Waals surface area (Å²) in [4.78, 5) is 0. The first-order valence-electron chi connectivity index (χ1n) is 7.01. The normalized spacial score (nSPS) is 16.5. The number of nitrogens with one attached hydrogen (secondary N) is 1. The van der Waals surface area contributed by atoms with Crippen LogP contribution in [0.2, 0.25) is 0 Å². The Hall–Kier alpha value is -0.0400. The summed E-state index contributed by atoms with van der Waals surface area (Å²) in [6.45, 7) is 17.3. The Labute approximate surface area is 103 Å². The van der Waals surface area contributed by atoms with Crippen molar-refractivity contribution in [1.82, 2.24) is 5.32 Å². The van der Waals surface area contributed by atoms with Crippen molar-refractivity contribution >= 4 is 0 Å². The molecule has 0 aliphatic rings. The van der Waals surface area contributed by atoms with E-state index in [0.29, 0.717) is 0 Å². The lowest BCUT2D eigenvalue weighted by Gasteiger charge is -2.30. The highest BCUT2D eigenvalue weighted by Crippen LogP contribution is 2.24. The summed E-state index contributed by atoms with van der Waals surface area (Å²) in [6.07, 6.45) is 4.03. The molecule has 0 aliphatic carbocycles. The number of hydrogen-bond donors (Lipinski definition) is 1. The maximum Gasteiger partial charge on any atom is 0.00966 e. The molecule has 0 heterocycles. The van der Waals surface area contributed by atoms with Crippen LogP contribution < -0.4 is 5.32 Å². The third kappa shape index (κ3) is 8.15. The van der Waals surface area contributed by atoms with Gasteiger partial charge in [0.1, 0.15) is 0 Å². The van der Waals surface area contributed by atoms with Crippen molar-refractivity contribution in [1.29, 1.82) is 0 Å². The van der Waals surface area contributed by atoms with Gasteiger partial charge in [-0.25, -0.2) is 0 Å². The van der Waals surface area contributed by atoms with Crippen molar-refractivity contribution < 1.29 is 0 Å². The fraction of sp³-hybridized carbons (Fsp3) is 1.00. The molecule has 2 atom stereocenters. The summed E-state index contributed by atoms with van der Waals surface area (Å²) < 4.78 is 0. The molecule has 1 heteroatoms. The summed E-state index contributed by atoms with van der Waals surface area (Å²) in [6, 6.07) is 0. The smallest absolute Gasteiger partial charge is 0.00966 e. The predicted octanol–water partition coefficient (Wildman–Crippen LogP) is 4.47. The van der Waals surface area contributed by atoms with Gasteiger partial charge in [-0.05, 0) is 51.5 Å². The lowest BCUT2D eigenvalue weighted by atomic mass is 9.83. The second kappa shape index (κ2) is 7.32. The van der Waals surface area contributed by atoms with E-state index in [-0.39, 0.29) is 5.54 Å². The summed E-state index contributed by atoms with van der Waals surface area (Å²) in [5.41, 5.74) is 0.251. The van der Waals surface area contributed by atoms with Crippen molar-refractivity contribution in [3.05, 3.63) is 0 Å². The minimum absolute atomic E-state index is 0.251. The zero-order valence-corrected chi connectivity index (χ0v) is 12.6. The molecular weight excluding hydrogens is 194 g/mol. The third-order valence-electron chi connectivity index (χ3n) is 3.22. The maximum absolute atomic E-state index is 3.67. The Morgan fingerprint density at radius 2 is 1.62 bits per heavy atom. The number of hydrogen-bond acceptors (Lipinski definition) is 1. The van der Waals surface area contributed by atoms with Crippen LogP contribution in [-0.4, -0.2) is 12.1 Å². The predicted molar refractivity (Wildman–Crippen MR) is 74.8 cm³/mol. The topological polar surface area (TPSA) is 12.0 Å². The Bertz CT molecular complexity index is 167. The van der Waals surface area contributed by atoms with Crippen LogP contribution in [-0.2, 0) is 0 Å². The van der Waals surface area contributed by atoms with E-state index in [1.165, 1.54) is 25.8 Å². The van der Waals surface area contributed by atoms with Gasteiger partial charge in [-0.15, -0.1) is 0 Å². The van der Waals surface area contributed by atoms with E-state index >= 15 is 0 Å². The van der Waals surface area contributed by atoms with Crippen molar-refractivity contribution in [2.45, 2.75) is 73.3 Å². The molecule has 2 unspecified atom stereocenters. The average molecular weight is 227 g/mol. The molecule has 16 heavy (non-hydrogen) atoms. The molecule has 0 saturated carbocycles. The van der Waals surface area contributed by atoms with Crippen molar-refractivity contribution in [2.24, 2.45) is 17.8 Å². The Kier molecular flexibility index (Phi) is 7.30. The summed E-state index contributed by atoms with van der Waals surface area (Å²) in [5, 5.41) is 3.67. The molecule has 98 valence electrons. The summed E-state index contributed by atoms with van der Waals surface area (Å²) in [5.74, 6) is 2.49. The first kappa shape index (κ1) is 16.0. The Morgan fingerprint density at radius 3 is 2.00 bits per heavy atom. The molecule has 0 fully saturated rings. The van der Waals surface area contributed by atoms with E-state index in [2.05, 4.69) is 53.8 Å². The minimum Gasteiger partial charge on any atom is -0.312 e. The highest BCUT2D eigenvalue weighted by molar-refractivity contribution is 4.76. The zero-order valence-electron chi connectivity index (χ0n) is 12.6. The van der Waals surface area contributed by atoms with Gasteiger partial charge in [0.15, 0.2) is 0 Å². The van der Waals surface area contributed by atoms with E-state index in [4.69, 9.17) is 0 Å². The first-order chi connectivity index (χ1) is 7.26. The first-order valence-corrected chi connectivity index (χ1v) is 7.01. The van der Waals surface area contributed by atoms with Gasteiger partial charge in [0.25, 0.3) is 0 Å². The molecule has 1 nitrogen and oxygen atoms in total. The van der Waals surface area contributed by atoms with Gasteiger partial charge in [-0.3, -0.25) is 0 Å². The zero-order chi connectivity index (χ0) is 12.8. The standard InChI is InChI=1S/C15H33N/c1-8-9-13(4)14(10-12(2)3)11-16-15(5,6)7/h12-14,16H,8-11H2,1-7H3. The fourth-order valence-corrected chi connectivity index (χ4v) is 2.25. The summed E-state index contributed by atoms with van der Waals surface area (Å²) in [7, 11) is 0. The largest absolute Gasteiger partial charge is 0.312 e. The molecule has 0 aromatic carbocycles. The van der Waals surface area contributed by atoms with E-state index in [1.54, 1.807) is 0 Å². The van der Waals surface area contributed by atoms with E-state index in [9.17, 15) is 0 Å². The monoisotopic (exact) mass is 227 g/mol. The second-order valence-corrected chi connectivity index (χ2v) is 6.79. The van der Waals surface area contributed by atoms with Crippen LogP contribution in [0, 0.1) is 17.8 Å². The molecule has 0 aliphatic heterocycles. The molecule has 0 rings (SSSR count). The quantitative estimate of drug-likeness (QED) is 0.676. The molecule has 0 radical (unpaired) electrons. The molecule has 0 aromatic rings. The van der Waals surface area contributed by atoms with Crippen LogP contribution in [0.4, 0.5) is 0 Å². The maximum atomic E-state index is 3.67. The van der Waals surface area contributed by atoms with Crippen molar-refractivity contribution in [3.8, 4) is 0 Å². The molecule has 0 saturated heterocycles. The lowest BCUT2D eigenvalue weighted by molar-refractivity contribution is 0.250. The molecule has 0 spiro atoms. The molecule has 0 bridgehead atoms. The van der Waals surface area contributed by atoms with E-state index in [0.717, 1.165) is 17.8 Å². The van der Waals surface area contributed by atoms with E-state index in [1.807, 2.05) is 0 Å². The van der Waals surface area contributed by atoms with Crippen LogP contribution in [0.3, 0.4) is 0 Å².